The lowest BCUT2D eigenvalue weighted by Crippen LogP contribution is -2.45. The van der Waals surface area contributed by atoms with Gasteiger partial charge in [0.25, 0.3) is 0 Å². The van der Waals surface area contributed by atoms with Crippen molar-refractivity contribution in [2.45, 2.75) is 58.3 Å². The first kappa shape index (κ1) is 27.5. The molecule has 0 saturated heterocycles. The highest BCUT2D eigenvalue weighted by Crippen LogP contribution is 2.35. The predicted octanol–water partition coefficient (Wildman–Crippen LogP) is 5.54. The highest BCUT2D eigenvalue weighted by atomic mass is 19.4. The number of benzene rings is 2. The summed E-state index contributed by atoms with van der Waals surface area (Å²) in [6.07, 6.45) is -2.44. The van der Waals surface area contributed by atoms with Crippen molar-refractivity contribution in [2.24, 2.45) is 0 Å². The maximum Gasteiger partial charge on any atom is 0.416 e. The van der Waals surface area contributed by atoms with Gasteiger partial charge in [0, 0.05) is 29.1 Å². The number of halogens is 4. The average molecular weight is 535 g/mol. The highest BCUT2D eigenvalue weighted by Gasteiger charge is 2.32. The Balaban J connectivity index is 1.52. The summed E-state index contributed by atoms with van der Waals surface area (Å²) in [6.45, 7) is 4.15. The molecule has 38 heavy (non-hydrogen) atoms. The summed E-state index contributed by atoms with van der Waals surface area (Å²) in [4.78, 5) is 26.9. The number of alkyl halides is 3. The number of hydrogen-bond acceptors (Lipinski definition) is 4. The molecule has 1 aliphatic carbocycles. The van der Waals surface area contributed by atoms with Gasteiger partial charge in [0.15, 0.2) is 0 Å². The van der Waals surface area contributed by atoms with Crippen molar-refractivity contribution >= 4 is 22.8 Å². The molecular formula is C28H30F4N2O4. The second-order valence-electron chi connectivity index (χ2n) is 9.19. The summed E-state index contributed by atoms with van der Waals surface area (Å²) in [5, 5.41) is 0.707. The van der Waals surface area contributed by atoms with E-state index in [4.69, 9.17) is 9.47 Å². The van der Waals surface area contributed by atoms with Gasteiger partial charge in [0.2, 0.25) is 5.91 Å². The number of carbonyl (C=O) groups is 2. The third-order valence-electron chi connectivity index (χ3n) is 6.84. The van der Waals surface area contributed by atoms with Gasteiger partial charge in [-0.3, -0.25) is 9.59 Å². The van der Waals surface area contributed by atoms with Gasteiger partial charge in [0.1, 0.15) is 24.7 Å². The van der Waals surface area contributed by atoms with E-state index in [0.29, 0.717) is 24.6 Å². The van der Waals surface area contributed by atoms with Crippen molar-refractivity contribution < 1.29 is 36.6 Å². The summed E-state index contributed by atoms with van der Waals surface area (Å²) in [5.74, 6) is -0.551. The minimum Gasteiger partial charge on any atom is -0.492 e. The van der Waals surface area contributed by atoms with E-state index in [1.807, 2.05) is 4.57 Å². The smallest absolute Gasteiger partial charge is 0.416 e. The van der Waals surface area contributed by atoms with Gasteiger partial charge in [-0.25, -0.2) is 4.39 Å². The molecule has 0 aliphatic heterocycles. The number of hydrogen-bond donors (Lipinski definition) is 0. The van der Waals surface area contributed by atoms with Crippen LogP contribution in [0.15, 0.2) is 42.5 Å². The number of carbonyl (C=O) groups excluding carboxylic acids is 2. The van der Waals surface area contributed by atoms with Crippen LogP contribution in [0, 0.1) is 5.82 Å². The minimum absolute atomic E-state index is 0.0224. The number of aromatic nitrogens is 1. The van der Waals surface area contributed by atoms with Crippen molar-refractivity contribution in [3.8, 4) is 5.75 Å². The standard InChI is InChI=1S/C28H30F4N2O4/c1-3-26(35)33(13-14-38-21-9-5-18(6-10-21)28(30,31)32)20-8-12-25-23(16-20)22-15-19(29)7-11-24(22)34(25)17-27(36)37-4-2/h5-7,9-11,15,20H,3-4,8,12-14,16-17H2,1-2H3/t20-/m0/s1. The van der Waals surface area contributed by atoms with Gasteiger partial charge >= 0.3 is 12.1 Å². The molecule has 0 radical (unpaired) electrons. The second-order valence-corrected chi connectivity index (χ2v) is 9.19. The maximum atomic E-state index is 14.2. The molecule has 1 amide bonds. The van der Waals surface area contributed by atoms with E-state index in [1.165, 1.54) is 24.3 Å². The molecule has 1 heterocycles. The van der Waals surface area contributed by atoms with Crippen molar-refractivity contribution in [3.05, 3.63) is 65.1 Å². The predicted molar refractivity (Wildman–Crippen MR) is 133 cm³/mol. The van der Waals surface area contributed by atoms with Crippen LogP contribution >= 0.6 is 0 Å². The lowest BCUT2D eigenvalue weighted by Gasteiger charge is -2.35. The molecule has 1 aliphatic rings. The molecule has 0 bridgehead atoms. The Morgan fingerprint density at radius 2 is 1.84 bits per heavy atom. The third-order valence-corrected chi connectivity index (χ3v) is 6.84. The van der Waals surface area contributed by atoms with Crippen LogP contribution in [0.1, 0.15) is 43.5 Å². The molecule has 204 valence electrons. The average Bonchev–Trinajstić information content (AvgIpc) is 3.18. The van der Waals surface area contributed by atoms with Crippen molar-refractivity contribution in [3.63, 3.8) is 0 Å². The van der Waals surface area contributed by atoms with Crippen LogP contribution in [0.2, 0.25) is 0 Å². The zero-order valence-corrected chi connectivity index (χ0v) is 21.3. The zero-order valence-electron chi connectivity index (χ0n) is 21.3. The van der Waals surface area contributed by atoms with Crippen LogP contribution in [-0.2, 0) is 39.9 Å². The van der Waals surface area contributed by atoms with Crippen molar-refractivity contribution in [1.82, 2.24) is 9.47 Å². The summed E-state index contributed by atoms with van der Waals surface area (Å²) < 4.78 is 65.3. The molecule has 0 unspecified atom stereocenters. The first-order valence-corrected chi connectivity index (χ1v) is 12.7. The van der Waals surface area contributed by atoms with Crippen LogP contribution in [0.5, 0.6) is 5.75 Å². The lowest BCUT2D eigenvalue weighted by atomic mass is 9.90. The molecule has 6 nitrogen and oxygen atoms in total. The molecule has 0 saturated carbocycles. The Labute approximate surface area is 218 Å². The van der Waals surface area contributed by atoms with E-state index in [9.17, 15) is 27.2 Å². The van der Waals surface area contributed by atoms with Crippen molar-refractivity contribution in [2.75, 3.05) is 19.8 Å². The van der Waals surface area contributed by atoms with Crippen LogP contribution in [0.4, 0.5) is 17.6 Å². The molecule has 1 aromatic heterocycles. The normalized spacial score (nSPS) is 15.3. The summed E-state index contributed by atoms with van der Waals surface area (Å²) in [7, 11) is 0. The number of ether oxygens (including phenoxy) is 2. The number of rotatable bonds is 9. The van der Waals surface area contributed by atoms with Gasteiger partial charge in [-0.1, -0.05) is 6.92 Å². The topological polar surface area (TPSA) is 60.8 Å². The Morgan fingerprint density at radius 3 is 2.50 bits per heavy atom. The lowest BCUT2D eigenvalue weighted by molar-refractivity contribution is -0.143. The second kappa shape index (κ2) is 11.4. The first-order valence-electron chi connectivity index (χ1n) is 12.7. The van der Waals surface area contributed by atoms with E-state index in [1.54, 1.807) is 24.8 Å². The number of amides is 1. The molecule has 10 heteroatoms. The summed E-state index contributed by atoms with van der Waals surface area (Å²) in [6, 6.07) is 8.73. The SMILES string of the molecule is CCOC(=O)Cn1c2c(c3cc(F)ccc31)C[C@@H](N(CCOc1ccc(C(F)(F)F)cc1)C(=O)CC)CC2. The van der Waals surface area contributed by atoms with Crippen LogP contribution in [0.25, 0.3) is 10.9 Å². The molecule has 0 N–H and O–H groups in total. The van der Waals surface area contributed by atoms with Crippen LogP contribution in [-0.4, -0.2) is 47.1 Å². The minimum atomic E-state index is -4.43. The molecular weight excluding hydrogens is 504 g/mol. The van der Waals surface area contributed by atoms with Crippen LogP contribution < -0.4 is 4.74 Å². The molecule has 4 rings (SSSR count). The Morgan fingerprint density at radius 1 is 1.11 bits per heavy atom. The van der Waals surface area contributed by atoms with E-state index < -0.39 is 11.7 Å². The fraction of sp³-hybridized carbons (Fsp3) is 0.429. The van der Waals surface area contributed by atoms with E-state index in [2.05, 4.69) is 0 Å². The largest absolute Gasteiger partial charge is 0.492 e. The third kappa shape index (κ3) is 5.95. The molecule has 0 spiro atoms. The first-order chi connectivity index (χ1) is 18.1. The van der Waals surface area contributed by atoms with Gasteiger partial charge < -0.3 is 18.9 Å². The molecule has 3 aromatic rings. The van der Waals surface area contributed by atoms with E-state index in [-0.39, 0.29) is 62.2 Å². The number of nitrogens with zero attached hydrogens (tertiary/aromatic N) is 2. The zero-order chi connectivity index (χ0) is 27.4. The van der Waals surface area contributed by atoms with Crippen LogP contribution in [0.3, 0.4) is 0 Å². The van der Waals surface area contributed by atoms with Crippen molar-refractivity contribution in [1.29, 1.82) is 0 Å². The molecule has 2 aromatic carbocycles. The summed E-state index contributed by atoms with van der Waals surface area (Å²) in [5.41, 5.74) is 1.81. The summed E-state index contributed by atoms with van der Waals surface area (Å²) >= 11 is 0. The maximum absolute atomic E-state index is 14.2. The fourth-order valence-corrected chi connectivity index (χ4v) is 5.10. The van der Waals surface area contributed by atoms with Gasteiger partial charge in [0.05, 0.1) is 18.7 Å². The number of esters is 1. The fourth-order valence-electron chi connectivity index (χ4n) is 5.10. The van der Waals surface area contributed by atoms with E-state index in [0.717, 1.165) is 28.9 Å². The Hall–Kier alpha value is -3.56. The monoisotopic (exact) mass is 534 g/mol. The number of fused-ring (bicyclic) bond motifs is 3. The quantitative estimate of drug-likeness (QED) is 0.267. The van der Waals surface area contributed by atoms with Gasteiger partial charge in [-0.05, 0) is 74.2 Å². The van der Waals surface area contributed by atoms with Gasteiger partial charge in [-0.2, -0.15) is 13.2 Å². The van der Waals surface area contributed by atoms with E-state index >= 15 is 0 Å². The molecule has 0 fully saturated rings. The Bertz CT molecular complexity index is 1300. The highest BCUT2D eigenvalue weighted by molar-refractivity contribution is 5.87. The Kier molecular flexibility index (Phi) is 8.28. The molecule has 1 atom stereocenters. The van der Waals surface area contributed by atoms with Gasteiger partial charge in [-0.15, -0.1) is 0 Å².